The summed E-state index contributed by atoms with van der Waals surface area (Å²) in [5.41, 5.74) is 6.29. The molecule has 0 amide bonds. The van der Waals surface area contributed by atoms with E-state index in [0.29, 0.717) is 5.56 Å². The Morgan fingerprint density at radius 3 is 1.76 bits per heavy atom. The molecule has 0 aromatic heterocycles. The summed E-state index contributed by atoms with van der Waals surface area (Å²) in [4.78, 5) is 50.0. The van der Waals surface area contributed by atoms with Crippen molar-refractivity contribution >= 4 is 24.1 Å². The van der Waals surface area contributed by atoms with Crippen LogP contribution in [0, 0.1) is 35.0 Å². The minimum Gasteiger partial charge on any atom is -0.480 e. The fourth-order valence-corrected chi connectivity index (χ4v) is 3.70. The van der Waals surface area contributed by atoms with Gasteiger partial charge in [-0.25, -0.2) is 4.79 Å². The molecular formula is C31H49NO9. The van der Waals surface area contributed by atoms with E-state index in [0.717, 1.165) is 0 Å². The lowest BCUT2D eigenvalue weighted by molar-refractivity contribution is -0.142. The number of benzene rings is 1. The van der Waals surface area contributed by atoms with Gasteiger partial charge in [0.25, 0.3) is 0 Å². The minimum absolute atomic E-state index is 0.0121. The molecule has 6 atom stereocenters. The first-order valence-electron chi connectivity index (χ1n) is 14.2. The van der Waals surface area contributed by atoms with E-state index in [9.17, 15) is 24.3 Å². The molecule has 0 saturated heterocycles. The molecule has 0 bridgehead atoms. The smallest absolute Gasteiger partial charge is 0.480 e. The highest BCUT2D eigenvalue weighted by molar-refractivity contribution is 5.79. The van der Waals surface area contributed by atoms with Gasteiger partial charge in [-0.3, -0.25) is 14.4 Å². The predicted octanol–water partition coefficient (Wildman–Crippen LogP) is 5.80. The van der Waals surface area contributed by atoms with Crippen molar-refractivity contribution in [1.82, 2.24) is 0 Å². The Labute approximate surface area is 244 Å². The summed E-state index contributed by atoms with van der Waals surface area (Å²) in [5, 5.41) is 9.82. The van der Waals surface area contributed by atoms with Crippen molar-refractivity contribution in [3.63, 3.8) is 0 Å². The topological polar surface area (TPSA) is 151 Å². The summed E-state index contributed by atoms with van der Waals surface area (Å²) in [6.07, 6.45) is -1.66. The van der Waals surface area contributed by atoms with Crippen molar-refractivity contribution < 1.29 is 43.2 Å². The molecule has 5 unspecified atom stereocenters. The van der Waals surface area contributed by atoms with E-state index in [4.69, 9.17) is 24.7 Å². The third-order valence-corrected chi connectivity index (χ3v) is 7.40. The van der Waals surface area contributed by atoms with Gasteiger partial charge in [-0.15, -0.1) is 0 Å². The van der Waals surface area contributed by atoms with Crippen LogP contribution in [0.3, 0.4) is 0 Å². The Kier molecular flexibility index (Phi) is 13.3. The van der Waals surface area contributed by atoms with Crippen LogP contribution in [0.2, 0.25) is 0 Å². The Hall–Kier alpha value is -3.14. The van der Waals surface area contributed by atoms with Crippen LogP contribution in [0.4, 0.5) is 4.79 Å². The van der Waals surface area contributed by atoms with E-state index in [2.05, 4.69) is 0 Å². The lowest BCUT2D eigenvalue weighted by atomic mass is 9.79. The Balaban J connectivity index is 3.49. The number of carboxylic acids is 1. The number of esters is 2. The number of hydrogen-bond acceptors (Lipinski definition) is 9. The van der Waals surface area contributed by atoms with Gasteiger partial charge < -0.3 is 29.8 Å². The zero-order chi connectivity index (χ0) is 31.8. The molecule has 1 aromatic carbocycles. The van der Waals surface area contributed by atoms with Crippen molar-refractivity contribution in [2.75, 3.05) is 6.61 Å². The Morgan fingerprint density at radius 1 is 0.829 bits per heavy atom. The lowest BCUT2D eigenvalue weighted by Gasteiger charge is -2.32. The van der Waals surface area contributed by atoms with E-state index in [1.54, 1.807) is 33.8 Å². The molecule has 3 N–H and O–H groups in total. The van der Waals surface area contributed by atoms with Gasteiger partial charge in [-0.1, -0.05) is 75.3 Å². The molecule has 10 heteroatoms. The van der Waals surface area contributed by atoms with Crippen LogP contribution in [0.1, 0.15) is 87.6 Å². The van der Waals surface area contributed by atoms with Crippen LogP contribution in [0.25, 0.3) is 0 Å². The molecule has 41 heavy (non-hydrogen) atoms. The van der Waals surface area contributed by atoms with E-state index < -0.39 is 59.9 Å². The zero-order valence-corrected chi connectivity index (χ0v) is 26.3. The van der Waals surface area contributed by atoms with Crippen LogP contribution in [0.15, 0.2) is 18.2 Å². The van der Waals surface area contributed by atoms with Crippen molar-refractivity contribution in [3.8, 4) is 11.5 Å². The highest BCUT2D eigenvalue weighted by atomic mass is 16.7. The molecular weight excluding hydrogens is 530 g/mol. The second kappa shape index (κ2) is 15.2. The molecule has 0 heterocycles. The molecule has 0 saturated carbocycles. The molecule has 0 spiro atoms. The van der Waals surface area contributed by atoms with Gasteiger partial charge in [0.15, 0.2) is 11.5 Å². The summed E-state index contributed by atoms with van der Waals surface area (Å²) in [6, 6.07) is 3.09. The summed E-state index contributed by atoms with van der Waals surface area (Å²) >= 11 is 0. The van der Waals surface area contributed by atoms with Crippen LogP contribution in [-0.2, 0) is 23.9 Å². The minimum atomic E-state index is -1.39. The van der Waals surface area contributed by atoms with E-state index in [1.165, 1.54) is 12.1 Å². The maximum Gasteiger partial charge on any atom is 0.508 e. The van der Waals surface area contributed by atoms with Crippen molar-refractivity contribution in [1.29, 1.82) is 0 Å². The first-order valence-corrected chi connectivity index (χ1v) is 14.2. The number of carbonyl (C=O) groups is 4. The molecule has 1 rings (SSSR count). The maximum atomic E-state index is 12.9. The molecule has 0 aliphatic heterocycles. The predicted molar refractivity (Wildman–Crippen MR) is 155 cm³/mol. The van der Waals surface area contributed by atoms with Gasteiger partial charge in [0.1, 0.15) is 12.1 Å². The molecule has 232 valence electrons. The molecule has 0 aliphatic carbocycles. The van der Waals surface area contributed by atoms with E-state index in [-0.39, 0.29) is 35.4 Å². The number of aliphatic carboxylic acids is 1. The first-order chi connectivity index (χ1) is 18.8. The summed E-state index contributed by atoms with van der Waals surface area (Å²) in [6.45, 7) is 20.2. The van der Waals surface area contributed by atoms with Gasteiger partial charge in [0, 0.05) is 11.8 Å². The van der Waals surface area contributed by atoms with E-state index in [1.807, 2.05) is 48.5 Å². The number of nitrogens with two attached hydrogens (primary N) is 1. The van der Waals surface area contributed by atoms with Crippen LogP contribution in [0.5, 0.6) is 11.5 Å². The van der Waals surface area contributed by atoms with Crippen LogP contribution in [-0.4, -0.2) is 47.9 Å². The zero-order valence-electron chi connectivity index (χ0n) is 26.3. The first kappa shape index (κ1) is 35.9. The third-order valence-electron chi connectivity index (χ3n) is 7.40. The Morgan fingerprint density at radius 2 is 1.32 bits per heavy atom. The molecule has 0 aliphatic rings. The van der Waals surface area contributed by atoms with Crippen LogP contribution < -0.4 is 15.2 Å². The monoisotopic (exact) mass is 579 g/mol. The number of carbonyl (C=O) groups excluding carboxylic acids is 3. The molecule has 1 aromatic rings. The van der Waals surface area contributed by atoms with Crippen molar-refractivity contribution in [2.45, 2.75) is 94.2 Å². The summed E-state index contributed by atoms with van der Waals surface area (Å²) in [5.74, 6) is -4.64. The molecule has 10 nitrogen and oxygen atoms in total. The third kappa shape index (κ3) is 11.0. The van der Waals surface area contributed by atoms with Crippen molar-refractivity contribution in [3.05, 3.63) is 23.8 Å². The molecule has 0 fully saturated rings. The second-order valence-electron chi connectivity index (χ2n) is 12.8. The summed E-state index contributed by atoms with van der Waals surface area (Å²) < 4.78 is 22.0. The largest absolute Gasteiger partial charge is 0.508 e. The summed E-state index contributed by atoms with van der Waals surface area (Å²) in [7, 11) is 0. The fourth-order valence-electron chi connectivity index (χ4n) is 3.70. The average Bonchev–Trinajstić information content (AvgIpc) is 2.86. The average molecular weight is 580 g/mol. The Bertz CT molecular complexity index is 1060. The van der Waals surface area contributed by atoms with Gasteiger partial charge in [-0.2, -0.15) is 0 Å². The SMILES string of the molecule is CC(C)C(C)C(=O)Oc1ccc(C(C(C)C(C)OC(=O)OCC(C)(C)C)[C@H](N)C(=O)O)cc1OC(=O)C(C)C(C)C. The standard InChI is InChI=1S/C31H49NO9/c1-16(2)18(5)28(35)40-23-13-12-22(14-24(23)41-29(36)19(6)17(3)4)25(26(32)27(33)34)20(7)21(8)39-30(37)38-15-31(9,10)11/h12-14,16-21,25-26H,15,32H2,1-11H3,(H,33,34)/t18?,19?,20?,21?,25?,26-/m0/s1. The highest BCUT2D eigenvalue weighted by Crippen LogP contribution is 2.38. The second-order valence-corrected chi connectivity index (χ2v) is 12.8. The van der Waals surface area contributed by atoms with Crippen LogP contribution >= 0.6 is 0 Å². The fraction of sp³-hybridized carbons (Fsp3) is 0.677. The van der Waals surface area contributed by atoms with Gasteiger partial charge in [0.2, 0.25) is 0 Å². The highest BCUT2D eigenvalue weighted by Gasteiger charge is 2.36. The van der Waals surface area contributed by atoms with Gasteiger partial charge >= 0.3 is 24.1 Å². The lowest BCUT2D eigenvalue weighted by Crippen LogP contribution is -2.42. The van der Waals surface area contributed by atoms with Gasteiger partial charge in [0.05, 0.1) is 18.4 Å². The van der Waals surface area contributed by atoms with Crippen molar-refractivity contribution in [2.24, 2.45) is 40.7 Å². The number of hydrogen-bond donors (Lipinski definition) is 2. The number of rotatable bonds is 13. The molecule has 0 radical (unpaired) electrons. The van der Waals surface area contributed by atoms with E-state index >= 15 is 0 Å². The number of ether oxygens (including phenoxy) is 4. The number of carboxylic acid groups (broad SMARTS) is 1. The quantitative estimate of drug-likeness (QED) is 0.217. The maximum absolute atomic E-state index is 12.9. The normalized spacial score (nSPS) is 16.2. The van der Waals surface area contributed by atoms with Gasteiger partial charge in [-0.05, 0) is 41.9 Å².